The van der Waals surface area contributed by atoms with Crippen LogP contribution < -0.4 is 5.32 Å². The predicted molar refractivity (Wildman–Crippen MR) is 102 cm³/mol. The van der Waals surface area contributed by atoms with Crippen LogP contribution in [0.2, 0.25) is 10.0 Å². The maximum Gasteiger partial charge on any atom is 0.335 e. The number of fused-ring (bicyclic) bond motifs is 1. The van der Waals surface area contributed by atoms with Crippen LogP contribution in [-0.4, -0.2) is 70.9 Å². The smallest absolute Gasteiger partial charge is 0.335 e. The number of carbonyl (C=O) groups is 2. The third-order valence-corrected chi connectivity index (χ3v) is 6.12. The summed E-state index contributed by atoms with van der Waals surface area (Å²) >= 11 is 12.2. The van der Waals surface area contributed by atoms with Gasteiger partial charge in [-0.25, -0.2) is 9.59 Å². The summed E-state index contributed by atoms with van der Waals surface area (Å²) in [5.74, 6) is -2.90. The fraction of sp³-hybridized carbons (Fsp3) is 0.556. The number of halogens is 2. The maximum absolute atomic E-state index is 9.77. The van der Waals surface area contributed by atoms with Crippen molar-refractivity contribution in [3.63, 3.8) is 0 Å². The number of nitrogens with one attached hydrogen (secondary N) is 1. The summed E-state index contributed by atoms with van der Waals surface area (Å²) in [7, 11) is 1.81. The van der Waals surface area contributed by atoms with Gasteiger partial charge >= 0.3 is 11.9 Å². The first-order valence-corrected chi connectivity index (χ1v) is 9.38. The van der Waals surface area contributed by atoms with E-state index in [2.05, 4.69) is 11.4 Å². The SMILES string of the molecule is CO[C@@H]1C[C@@H]2CNC[C@]2(c2ccc(Cl)c(Cl)c2)C1.O=C(O)[C@@H](O)[C@H](O)C(=O)O. The second-order valence-corrected chi connectivity index (χ2v) is 7.79. The summed E-state index contributed by atoms with van der Waals surface area (Å²) in [6.07, 6.45) is -1.97. The fourth-order valence-electron chi connectivity index (χ4n) is 3.87. The molecule has 1 saturated heterocycles. The summed E-state index contributed by atoms with van der Waals surface area (Å²) in [5, 5.41) is 37.3. The van der Waals surface area contributed by atoms with E-state index in [-0.39, 0.29) is 5.41 Å². The molecule has 3 rings (SSSR count). The zero-order valence-corrected chi connectivity index (χ0v) is 16.7. The van der Waals surface area contributed by atoms with E-state index >= 15 is 0 Å². The van der Waals surface area contributed by atoms with E-state index in [1.807, 2.05) is 19.2 Å². The molecule has 0 amide bonds. The van der Waals surface area contributed by atoms with Gasteiger partial charge in [0.15, 0.2) is 12.2 Å². The molecule has 5 N–H and O–H groups in total. The van der Waals surface area contributed by atoms with Crippen molar-refractivity contribution in [2.24, 2.45) is 5.92 Å². The molecule has 1 aliphatic carbocycles. The minimum Gasteiger partial charge on any atom is -0.479 e. The fourth-order valence-corrected chi connectivity index (χ4v) is 4.17. The van der Waals surface area contributed by atoms with Gasteiger partial charge < -0.3 is 30.5 Å². The number of hydrogen-bond acceptors (Lipinski definition) is 6. The zero-order valence-electron chi connectivity index (χ0n) is 15.1. The van der Waals surface area contributed by atoms with Crippen molar-refractivity contribution >= 4 is 35.1 Å². The molecule has 5 atom stereocenters. The van der Waals surface area contributed by atoms with E-state index in [4.69, 9.17) is 48.4 Å². The molecule has 156 valence electrons. The van der Waals surface area contributed by atoms with Gasteiger partial charge in [-0.1, -0.05) is 29.3 Å². The second kappa shape index (κ2) is 9.39. The average Bonchev–Trinajstić information content (AvgIpc) is 3.20. The molecule has 0 spiro atoms. The molecular weight excluding hydrogens is 413 g/mol. The van der Waals surface area contributed by atoms with Crippen LogP contribution in [0.1, 0.15) is 18.4 Å². The summed E-state index contributed by atoms with van der Waals surface area (Å²) in [5.41, 5.74) is 1.47. The monoisotopic (exact) mass is 435 g/mol. The van der Waals surface area contributed by atoms with Crippen LogP contribution in [0.25, 0.3) is 0 Å². The van der Waals surface area contributed by atoms with Crippen LogP contribution in [0.3, 0.4) is 0 Å². The standard InChI is InChI=1S/C14H17Cl2NO.C4H6O6/c1-18-11-4-10-7-17-8-14(10,6-11)9-2-3-12(15)13(16)5-9;5-1(3(7)8)2(6)4(9)10/h2-3,5,10-11,17H,4,6-8H2,1H3;1-2,5-6H,(H,7,8)(H,9,10)/t10-,11-,14+;1-,2-/m10/s1. The maximum atomic E-state index is 9.77. The Balaban J connectivity index is 0.000000242. The Morgan fingerprint density at radius 1 is 1.18 bits per heavy atom. The highest BCUT2D eigenvalue weighted by Gasteiger charge is 2.51. The lowest BCUT2D eigenvalue weighted by molar-refractivity contribution is -0.165. The number of aliphatic carboxylic acids is 2. The van der Waals surface area contributed by atoms with Gasteiger partial charge in [-0.05, 0) is 43.0 Å². The van der Waals surface area contributed by atoms with E-state index in [1.54, 1.807) is 0 Å². The van der Waals surface area contributed by atoms with Gasteiger partial charge in [-0.2, -0.15) is 0 Å². The summed E-state index contributed by atoms with van der Waals surface area (Å²) in [6, 6.07) is 6.05. The molecule has 1 saturated carbocycles. The highest BCUT2D eigenvalue weighted by atomic mass is 35.5. The van der Waals surface area contributed by atoms with E-state index in [0.29, 0.717) is 22.1 Å². The minimum absolute atomic E-state index is 0.176. The number of hydrogen-bond donors (Lipinski definition) is 5. The lowest BCUT2D eigenvalue weighted by Crippen LogP contribution is -2.39. The molecule has 0 aromatic heterocycles. The number of rotatable bonds is 5. The molecule has 1 aromatic carbocycles. The Kier molecular flexibility index (Phi) is 7.66. The van der Waals surface area contributed by atoms with Crippen molar-refractivity contribution in [3.05, 3.63) is 33.8 Å². The van der Waals surface area contributed by atoms with Crippen molar-refractivity contribution in [2.45, 2.75) is 36.6 Å². The lowest BCUT2D eigenvalue weighted by Gasteiger charge is -2.29. The first-order chi connectivity index (χ1) is 13.1. The number of benzene rings is 1. The molecule has 0 bridgehead atoms. The molecular formula is C18H23Cl2NO7. The third-order valence-electron chi connectivity index (χ3n) is 5.38. The van der Waals surface area contributed by atoms with E-state index in [1.165, 1.54) is 5.56 Å². The molecule has 2 aliphatic rings. The highest BCUT2D eigenvalue weighted by Crippen LogP contribution is 2.49. The predicted octanol–water partition coefficient (Wildman–Crippen LogP) is 1.14. The van der Waals surface area contributed by atoms with Gasteiger partial charge in [0, 0.05) is 19.1 Å². The molecule has 1 heterocycles. The van der Waals surface area contributed by atoms with Crippen molar-refractivity contribution in [1.82, 2.24) is 5.32 Å². The Bertz CT molecular complexity index is 714. The number of ether oxygens (including phenoxy) is 1. The van der Waals surface area contributed by atoms with Crippen LogP contribution in [0.5, 0.6) is 0 Å². The summed E-state index contributed by atoms with van der Waals surface area (Å²) in [4.78, 5) is 19.5. The minimum atomic E-state index is -2.27. The Labute approximate surface area is 172 Å². The Morgan fingerprint density at radius 3 is 2.29 bits per heavy atom. The topological polar surface area (TPSA) is 136 Å². The molecule has 1 aromatic rings. The second-order valence-electron chi connectivity index (χ2n) is 6.98. The third kappa shape index (κ3) is 4.76. The molecule has 8 nitrogen and oxygen atoms in total. The first kappa shape index (κ1) is 22.9. The summed E-state index contributed by atoms with van der Waals surface area (Å²) < 4.78 is 5.56. The lowest BCUT2D eigenvalue weighted by atomic mass is 9.74. The van der Waals surface area contributed by atoms with Crippen LogP contribution in [-0.2, 0) is 19.7 Å². The van der Waals surface area contributed by atoms with Crippen LogP contribution in [0.15, 0.2) is 18.2 Å². The van der Waals surface area contributed by atoms with Crippen molar-refractivity contribution in [1.29, 1.82) is 0 Å². The quantitative estimate of drug-likeness (QED) is 0.464. The number of aliphatic hydroxyl groups excluding tert-OH is 2. The van der Waals surface area contributed by atoms with Crippen LogP contribution in [0, 0.1) is 5.92 Å². The van der Waals surface area contributed by atoms with Gasteiger partial charge in [-0.3, -0.25) is 0 Å². The van der Waals surface area contributed by atoms with Crippen LogP contribution >= 0.6 is 23.2 Å². The van der Waals surface area contributed by atoms with Gasteiger partial charge in [0.25, 0.3) is 0 Å². The molecule has 1 aliphatic heterocycles. The van der Waals surface area contributed by atoms with Crippen molar-refractivity contribution in [3.8, 4) is 0 Å². The van der Waals surface area contributed by atoms with Gasteiger partial charge in [0.2, 0.25) is 0 Å². The highest BCUT2D eigenvalue weighted by molar-refractivity contribution is 6.42. The normalized spacial score (nSPS) is 28.0. The van der Waals surface area contributed by atoms with Gasteiger partial charge in [0.1, 0.15) is 0 Å². The molecule has 0 radical (unpaired) electrons. The largest absolute Gasteiger partial charge is 0.479 e. The van der Waals surface area contributed by atoms with E-state index < -0.39 is 24.1 Å². The van der Waals surface area contributed by atoms with E-state index in [0.717, 1.165) is 25.9 Å². The first-order valence-electron chi connectivity index (χ1n) is 8.63. The number of carboxylic acids is 2. The number of methoxy groups -OCH3 is 1. The van der Waals surface area contributed by atoms with E-state index in [9.17, 15) is 9.59 Å². The van der Waals surface area contributed by atoms with Crippen molar-refractivity contribution in [2.75, 3.05) is 20.2 Å². The van der Waals surface area contributed by atoms with Gasteiger partial charge in [-0.15, -0.1) is 0 Å². The Morgan fingerprint density at radius 2 is 1.79 bits per heavy atom. The molecule has 28 heavy (non-hydrogen) atoms. The number of aliphatic hydroxyl groups is 2. The average molecular weight is 436 g/mol. The zero-order chi connectivity index (χ0) is 21.1. The number of carboxylic acid groups (broad SMARTS) is 2. The van der Waals surface area contributed by atoms with Crippen molar-refractivity contribution < 1.29 is 34.8 Å². The van der Waals surface area contributed by atoms with Gasteiger partial charge in [0.05, 0.1) is 16.1 Å². The molecule has 10 heteroatoms. The molecule has 0 unspecified atom stereocenters. The summed E-state index contributed by atoms with van der Waals surface area (Å²) in [6.45, 7) is 2.08. The molecule has 2 fully saturated rings. The van der Waals surface area contributed by atoms with Crippen LogP contribution in [0.4, 0.5) is 0 Å². The Hall–Kier alpha value is -1.42.